The first-order valence-corrected chi connectivity index (χ1v) is 9.03. The van der Waals surface area contributed by atoms with Crippen molar-refractivity contribution >= 4 is 5.82 Å². The van der Waals surface area contributed by atoms with Crippen molar-refractivity contribution in [2.45, 2.75) is 52.5 Å². The van der Waals surface area contributed by atoms with Crippen molar-refractivity contribution in [3.63, 3.8) is 0 Å². The Hall–Kier alpha value is -2.76. The summed E-state index contributed by atoms with van der Waals surface area (Å²) in [5.41, 5.74) is 4.21. The smallest absolute Gasteiger partial charge is 0.257 e. The molecule has 1 aromatic carbocycles. The second-order valence-corrected chi connectivity index (χ2v) is 7.05. The zero-order valence-electron chi connectivity index (χ0n) is 15.6. The van der Waals surface area contributed by atoms with Crippen LogP contribution in [-0.4, -0.2) is 20.1 Å². The van der Waals surface area contributed by atoms with E-state index < -0.39 is 0 Å². The Balaban J connectivity index is 1.50. The van der Waals surface area contributed by atoms with Crippen LogP contribution in [0.1, 0.15) is 60.2 Å². The third-order valence-corrected chi connectivity index (χ3v) is 4.90. The highest BCUT2D eigenvalue weighted by Crippen LogP contribution is 2.38. The van der Waals surface area contributed by atoms with Crippen LogP contribution in [0.3, 0.4) is 0 Å². The van der Waals surface area contributed by atoms with Crippen molar-refractivity contribution in [3.05, 3.63) is 52.7 Å². The van der Waals surface area contributed by atoms with Gasteiger partial charge in [-0.1, -0.05) is 17.3 Å². The lowest BCUT2D eigenvalue weighted by atomic mass is 10.1. The van der Waals surface area contributed by atoms with Crippen LogP contribution in [0.2, 0.25) is 0 Å². The van der Waals surface area contributed by atoms with Gasteiger partial charge in [0.05, 0.1) is 0 Å². The number of benzene rings is 1. The van der Waals surface area contributed by atoms with Gasteiger partial charge in [0.1, 0.15) is 11.6 Å². The van der Waals surface area contributed by atoms with Gasteiger partial charge in [-0.2, -0.15) is 4.98 Å². The lowest BCUT2D eigenvalue weighted by Crippen LogP contribution is -2.11. The van der Waals surface area contributed by atoms with E-state index in [9.17, 15) is 0 Å². The highest BCUT2D eigenvalue weighted by atomic mass is 16.5. The molecule has 1 unspecified atom stereocenters. The normalized spacial score (nSPS) is 15.1. The quantitative estimate of drug-likeness (QED) is 0.731. The van der Waals surface area contributed by atoms with Gasteiger partial charge in [0.25, 0.3) is 5.89 Å². The molecule has 0 aliphatic heterocycles. The standard InChI is InChI=1S/C20H23N5O/c1-11-12(2)21-14(4)23-18(11)22-13(3)15-5-9-17(10-6-15)20-24-19(25-26-20)16-7-8-16/h5-6,9-10,13,16H,7-8H2,1-4H3,(H,21,22,23). The van der Waals surface area contributed by atoms with Crippen LogP contribution in [0.15, 0.2) is 28.8 Å². The van der Waals surface area contributed by atoms with Crippen LogP contribution < -0.4 is 5.32 Å². The molecule has 2 heterocycles. The molecule has 0 bridgehead atoms. The first-order chi connectivity index (χ1) is 12.5. The molecule has 0 spiro atoms. The van der Waals surface area contributed by atoms with Crippen molar-refractivity contribution in [3.8, 4) is 11.5 Å². The van der Waals surface area contributed by atoms with Crippen LogP contribution >= 0.6 is 0 Å². The molecule has 1 atom stereocenters. The van der Waals surface area contributed by atoms with Crippen LogP contribution in [0.25, 0.3) is 11.5 Å². The molecule has 134 valence electrons. The first kappa shape index (κ1) is 16.7. The highest BCUT2D eigenvalue weighted by molar-refractivity contribution is 5.54. The van der Waals surface area contributed by atoms with Gasteiger partial charge in [0.15, 0.2) is 5.82 Å². The maximum atomic E-state index is 5.40. The summed E-state index contributed by atoms with van der Waals surface area (Å²) in [7, 11) is 0. The van der Waals surface area contributed by atoms with Gasteiger partial charge in [-0.05, 0) is 58.2 Å². The SMILES string of the molecule is Cc1nc(C)c(C)c(NC(C)c2ccc(-c3nc(C4CC4)no3)cc2)n1. The van der Waals surface area contributed by atoms with E-state index in [0.29, 0.717) is 11.8 Å². The number of nitrogens with zero attached hydrogens (tertiary/aromatic N) is 4. The molecule has 1 aliphatic carbocycles. The van der Waals surface area contributed by atoms with Gasteiger partial charge in [0, 0.05) is 28.8 Å². The fourth-order valence-electron chi connectivity index (χ4n) is 2.97. The topological polar surface area (TPSA) is 76.7 Å². The molecule has 0 saturated heterocycles. The highest BCUT2D eigenvalue weighted by Gasteiger charge is 2.29. The molecule has 6 nitrogen and oxygen atoms in total. The zero-order valence-corrected chi connectivity index (χ0v) is 15.6. The Morgan fingerprint density at radius 2 is 1.77 bits per heavy atom. The molecule has 1 saturated carbocycles. The number of aryl methyl sites for hydroxylation is 2. The Bertz CT molecular complexity index is 928. The predicted octanol–water partition coefficient (Wildman–Crippen LogP) is 4.50. The van der Waals surface area contributed by atoms with E-state index in [0.717, 1.165) is 34.3 Å². The Labute approximate surface area is 153 Å². The third-order valence-electron chi connectivity index (χ3n) is 4.90. The third kappa shape index (κ3) is 3.31. The summed E-state index contributed by atoms with van der Waals surface area (Å²) in [6.07, 6.45) is 2.34. The fraction of sp³-hybridized carbons (Fsp3) is 0.400. The van der Waals surface area contributed by atoms with Gasteiger partial charge >= 0.3 is 0 Å². The number of aromatic nitrogens is 4. The molecule has 2 aromatic heterocycles. The van der Waals surface area contributed by atoms with Crippen molar-refractivity contribution in [2.75, 3.05) is 5.32 Å². The van der Waals surface area contributed by atoms with E-state index in [2.05, 4.69) is 44.5 Å². The van der Waals surface area contributed by atoms with E-state index in [4.69, 9.17) is 4.52 Å². The maximum absolute atomic E-state index is 5.40. The number of anilines is 1. The Kier molecular flexibility index (Phi) is 4.18. The predicted molar refractivity (Wildman–Crippen MR) is 100.0 cm³/mol. The van der Waals surface area contributed by atoms with E-state index in [-0.39, 0.29) is 6.04 Å². The lowest BCUT2D eigenvalue weighted by Gasteiger charge is -2.18. The summed E-state index contributed by atoms with van der Waals surface area (Å²) in [5, 5.41) is 7.57. The van der Waals surface area contributed by atoms with Crippen LogP contribution in [-0.2, 0) is 0 Å². The van der Waals surface area contributed by atoms with E-state index in [1.54, 1.807) is 0 Å². The number of hydrogen-bond donors (Lipinski definition) is 1. The van der Waals surface area contributed by atoms with E-state index in [1.807, 2.05) is 32.9 Å². The van der Waals surface area contributed by atoms with Crippen LogP contribution in [0.4, 0.5) is 5.82 Å². The second-order valence-electron chi connectivity index (χ2n) is 7.05. The average molecular weight is 349 g/mol. The van der Waals surface area contributed by atoms with Gasteiger partial charge in [-0.25, -0.2) is 9.97 Å². The monoisotopic (exact) mass is 349 g/mol. The number of rotatable bonds is 5. The van der Waals surface area contributed by atoms with Crippen molar-refractivity contribution in [1.82, 2.24) is 20.1 Å². The van der Waals surface area contributed by atoms with Crippen LogP contribution in [0.5, 0.6) is 0 Å². The minimum atomic E-state index is 0.126. The van der Waals surface area contributed by atoms with Crippen molar-refractivity contribution < 1.29 is 4.52 Å². The summed E-state index contributed by atoms with van der Waals surface area (Å²) in [6, 6.07) is 8.36. The van der Waals surface area contributed by atoms with Crippen LogP contribution in [0, 0.1) is 20.8 Å². The first-order valence-electron chi connectivity index (χ1n) is 9.03. The number of nitrogens with one attached hydrogen (secondary N) is 1. The summed E-state index contributed by atoms with van der Waals surface area (Å²) >= 11 is 0. The Morgan fingerprint density at radius 3 is 2.46 bits per heavy atom. The van der Waals surface area contributed by atoms with E-state index in [1.165, 1.54) is 18.4 Å². The fourth-order valence-corrected chi connectivity index (χ4v) is 2.97. The molecule has 1 N–H and O–H groups in total. The molecule has 4 rings (SSSR count). The molecular weight excluding hydrogens is 326 g/mol. The largest absolute Gasteiger partial charge is 0.363 e. The summed E-state index contributed by atoms with van der Waals surface area (Å²) < 4.78 is 5.40. The number of hydrogen-bond acceptors (Lipinski definition) is 6. The minimum absolute atomic E-state index is 0.126. The zero-order chi connectivity index (χ0) is 18.3. The van der Waals surface area contributed by atoms with Gasteiger partial charge in [-0.3, -0.25) is 0 Å². The maximum Gasteiger partial charge on any atom is 0.257 e. The molecule has 0 radical (unpaired) electrons. The van der Waals surface area contributed by atoms with E-state index >= 15 is 0 Å². The molecule has 1 aliphatic rings. The molecule has 26 heavy (non-hydrogen) atoms. The molecule has 3 aromatic rings. The average Bonchev–Trinajstić information content (AvgIpc) is 3.36. The van der Waals surface area contributed by atoms with Crippen molar-refractivity contribution in [1.29, 1.82) is 0 Å². The summed E-state index contributed by atoms with van der Waals surface area (Å²) in [4.78, 5) is 13.4. The summed E-state index contributed by atoms with van der Waals surface area (Å²) in [6.45, 7) is 8.09. The Morgan fingerprint density at radius 1 is 1.04 bits per heavy atom. The van der Waals surface area contributed by atoms with Gasteiger partial charge in [0.2, 0.25) is 0 Å². The second kappa shape index (κ2) is 6.52. The molecule has 1 fully saturated rings. The van der Waals surface area contributed by atoms with Gasteiger partial charge < -0.3 is 9.84 Å². The molecule has 6 heteroatoms. The summed E-state index contributed by atoms with van der Waals surface area (Å²) in [5.74, 6) is 3.60. The molecule has 0 amide bonds. The van der Waals surface area contributed by atoms with Gasteiger partial charge in [-0.15, -0.1) is 0 Å². The minimum Gasteiger partial charge on any atom is -0.363 e. The lowest BCUT2D eigenvalue weighted by molar-refractivity contribution is 0.422. The molecular formula is C20H23N5O. The van der Waals surface area contributed by atoms with Crippen molar-refractivity contribution in [2.24, 2.45) is 0 Å².